The second-order valence-corrected chi connectivity index (χ2v) is 3.22. The first-order valence-electron chi connectivity index (χ1n) is 4.96. The molecule has 0 aliphatic rings. The van der Waals surface area contributed by atoms with Gasteiger partial charge < -0.3 is 20.8 Å². The van der Waals surface area contributed by atoms with Gasteiger partial charge in [0.05, 0.1) is 0 Å². The van der Waals surface area contributed by atoms with Gasteiger partial charge in [0, 0.05) is 13.0 Å². The van der Waals surface area contributed by atoms with Crippen LogP contribution in [0.1, 0.15) is 26.2 Å². The zero-order valence-corrected chi connectivity index (χ0v) is 9.02. The van der Waals surface area contributed by atoms with Crippen molar-refractivity contribution in [2.75, 3.05) is 6.54 Å². The number of carboxylic acids is 2. The summed E-state index contributed by atoms with van der Waals surface area (Å²) in [5, 5.41) is 21.8. The summed E-state index contributed by atoms with van der Waals surface area (Å²) >= 11 is 0. The second kappa shape index (κ2) is 7.49. The van der Waals surface area contributed by atoms with E-state index >= 15 is 0 Å². The van der Waals surface area contributed by atoms with E-state index in [1.165, 1.54) is 0 Å². The molecule has 0 fully saturated rings. The van der Waals surface area contributed by atoms with E-state index in [0.717, 1.165) is 6.42 Å². The van der Waals surface area contributed by atoms with Crippen LogP contribution in [0.25, 0.3) is 0 Å². The standard InChI is InChI=1S/C9H16N2O5/c1-2-5-10-9(16)11-6(8(14)15)3-4-7(12)13/h6H,2-5H2,1H3,(H,12,13)(H,14,15)(H2,10,11,16)/t6-/m1/s1. The van der Waals surface area contributed by atoms with Crippen molar-refractivity contribution in [2.45, 2.75) is 32.2 Å². The van der Waals surface area contributed by atoms with E-state index in [1.807, 2.05) is 6.92 Å². The Morgan fingerprint density at radius 2 is 1.88 bits per heavy atom. The lowest BCUT2D eigenvalue weighted by atomic mass is 10.1. The molecule has 7 heteroatoms. The van der Waals surface area contributed by atoms with Crippen molar-refractivity contribution in [3.63, 3.8) is 0 Å². The summed E-state index contributed by atoms with van der Waals surface area (Å²) in [4.78, 5) is 32.1. The fraction of sp³-hybridized carbons (Fsp3) is 0.667. The maximum Gasteiger partial charge on any atom is 0.326 e. The number of urea groups is 1. The Morgan fingerprint density at radius 3 is 2.31 bits per heavy atom. The van der Waals surface area contributed by atoms with Crippen molar-refractivity contribution in [1.82, 2.24) is 10.6 Å². The van der Waals surface area contributed by atoms with Crippen molar-refractivity contribution in [2.24, 2.45) is 0 Å². The summed E-state index contributed by atoms with van der Waals surface area (Å²) in [5.41, 5.74) is 0. The molecule has 1 atom stereocenters. The molecule has 0 unspecified atom stereocenters. The van der Waals surface area contributed by atoms with Gasteiger partial charge in [0.1, 0.15) is 6.04 Å². The lowest BCUT2D eigenvalue weighted by molar-refractivity contribution is -0.140. The largest absolute Gasteiger partial charge is 0.481 e. The maximum atomic E-state index is 11.1. The van der Waals surface area contributed by atoms with Crippen LogP contribution in [0.4, 0.5) is 4.79 Å². The fourth-order valence-electron chi connectivity index (χ4n) is 0.973. The number of carbonyl (C=O) groups excluding carboxylic acids is 1. The van der Waals surface area contributed by atoms with E-state index in [0.29, 0.717) is 6.54 Å². The molecule has 0 aromatic carbocycles. The van der Waals surface area contributed by atoms with E-state index in [-0.39, 0.29) is 12.8 Å². The topological polar surface area (TPSA) is 116 Å². The SMILES string of the molecule is CCCNC(=O)N[C@H](CCC(=O)O)C(=O)O. The average Bonchev–Trinajstić information content (AvgIpc) is 2.20. The molecule has 0 radical (unpaired) electrons. The number of nitrogens with one attached hydrogen (secondary N) is 2. The highest BCUT2D eigenvalue weighted by Gasteiger charge is 2.20. The summed E-state index contributed by atoms with van der Waals surface area (Å²) in [6, 6.07) is -1.77. The third kappa shape index (κ3) is 6.63. The molecule has 0 aromatic rings. The van der Waals surface area contributed by atoms with Crippen LogP contribution in [0.3, 0.4) is 0 Å². The van der Waals surface area contributed by atoms with Crippen LogP contribution in [0.15, 0.2) is 0 Å². The molecule has 0 bridgehead atoms. The van der Waals surface area contributed by atoms with Gasteiger partial charge in [-0.1, -0.05) is 6.92 Å². The minimum Gasteiger partial charge on any atom is -0.481 e. The summed E-state index contributed by atoms with van der Waals surface area (Å²) in [6.45, 7) is 2.30. The van der Waals surface area contributed by atoms with Crippen molar-refractivity contribution in [3.8, 4) is 0 Å². The molecule has 4 N–H and O–H groups in total. The average molecular weight is 232 g/mol. The minimum absolute atomic E-state index is 0.135. The van der Waals surface area contributed by atoms with Gasteiger partial charge in [-0.2, -0.15) is 0 Å². The Hall–Kier alpha value is -1.79. The smallest absolute Gasteiger partial charge is 0.326 e. The zero-order chi connectivity index (χ0) is 12.6. The van der Waals surface area contributed by atoms with E-state index in [4.69, 9.17) is 10.2 Å². The van der Waals surface area contributed by atoms with Gasteiger partial charge in [-0.05, 0) is 12.8 Å². The van der Waals surface area contributed by atoms with Crippen LogP contribution in [-0.2, 0) is 9.59 Å². The van der Waals surface area contributed by atoms with E-state index in [9.17, 15) is 14.4 Å². The molecule has 2 amide bonds. The zero-order valence-electron chi connectivity index (χ0n) is 9.02. The first-order chi connectivity index (χ1) is 7.47. The molecular formula is C9H16N2O5. The summed E-state index contributed by atoms with van der Waals surface area (Å²) < 4.78 is 0. The first kappa shape index (κ1) is 14.2. The monoisotopic (exact) mass is 232 g/mol. The quantitative estimate of drug-likeness (QED) is 0.493. The number of amides is 2. The molecule has 92 valence electrons. The Kier molecular flexibility index (Phi) is 6.66. The Labute approximate surface area is 92.8 Å². The van der Waals surface area contributed by atoms with Crippen molar-refractivity contribution >= 4 is 18.0 Å². The fourth-order valence-corrected chi connectivity index (χ4v) is 0.973. The third-order valence-corrected chi connectivity index (χ3v) is 1.79. The van der Waals surface area contributed by atoms with Crippen LogP contribution in [-0.4, -0.2) is 40.8 Å². The van der Waals surface area contributed by atoms with E-state index < -0.39 is 24.0 Å². The number of carbonyl (C=O) groups is 3. The third-order valence-electron chi connectivity index (χ3n) is 1.79. The highest BCUT2D eigenvalue weighted by molar-refractivity contribution is 5.82. The maximum absolute atomic E-state index is 11.1. The molecule has 0 saturated carbocycles. The number of hydrogen-bond acceptors (Lipinski definition) is 3. The number of rotatable bonds is 7. The van der Waals surface area contributed by atoms with Gasteiger partial charge in [0.15, 0.2) is 0 Å². The summed E-state index contributed by atoms with van der Waals surface area (Å²) in [7, 11) is 0. The van der Waals surface area contributed by atoms with Gasteiger partial charge in [-0.15, -0.1) is 0 Å². The lowest BCUT2D eigenvalue weighted by Crippen LogP contribution is -2.46. The van der Waals surface area contributed by atoms with Gasteiger partial charge in [0.2, 0.25) is 0 Å². The van der Waals surface area contributed by atoms with Crippen LogP contribution >= 0.6 is 0 Å². The van der Waals surface area contributed by atoms with Gasteiger partial charge in [-0.25, -0.2) is 9.59 Å². The van der Waals surface area contributed by atoms with Crippen molar-refractivity contribution in [3.05, 3.63) is 0 Å². The number of hydrogen-bond donors (Lipinski definition) is 4. The summed E-state index contributed by atoms with van der Waals surface area (Å²) in [5.74, 6) is -2.34. The molecular weight excluding hydrogens is 216 g/mol. The Balaban J connectivity index is 4.07. The highest BCUT2D eigenvalue weighted by atomic mass is 16.4. The molecule has 0 rings (SSSR count). The minimum atomic E-state index is -1.24. The van der Waals surface area contributed by atoms with Gasteiger partial charge in [0.25, 0.3) is 0 Å². The molecule has 0 aromatic heterocycles. The predicted molar refractivity (Wildman–Crippen MR) is 55.1 cm³/mol. The molecule has 0 aliphatic heterocycles. The first-order valence-corrected chi connectivity index (χ1v) is 4.96. The molecule has 16 heavy (non-hydrogen) atoms. The molecule has 0 aliphatic carbocycles. The molecule has 7 nitrogen and oxygen atoms in total. The Morgan fingerprint density at radius 1 is 1.25 bits per heavy atom. The van der Waals surface area contributed by atoms with Gasteiger partial charge in [-0.3, -0.25) is 4.79 Å². The Bertz CT molecular complexity index is 267. The second-order valence-electron chi connectivity index (χ2n) is 3.22. The van der Waals surface area contributed by atoms with Crippen LogP contribution in [0.5, 0.6) is 0 Å². The molecule has 0 spiro atoms. The van der Waals surface area contributed by atoms with Gasteiger partial charge >= 0.3 is 18.0 Å². The lowest BCUT2D eigenvalue weighted by Gasteiger charge is -2.13. The van der Waals surface area contributed by atoms with Crippen LogP contribution in [0, 0.1) is 0 Å². The van der Waals surface area contributed by atoms with Crippen LogP contribution < -0.4 is 10.6 Å². The normalized spacial score (nSPS) is 11.6. The number of carboxylic acid groups (broad SMARTS) is 2. The van der Waals surface area contributed by atoms with Crippen molar-refractivity contribution in [1.29, 1.82) is 0 Å². The molecule has 0 heterocycles. The highest BCUT2D eigenvalue weighted by Crippen LogP contribution is 1.97. The summed E-state index contributed by atoms with van der Waals surface area (Å²) in [6.07, 6.45) is 0.301. The predicted octanol–water partition coefficient (Wildman–Crippen LogP) is 0.0136. The van der Waals surface area contributed by atoms with Crippen LogP contribution in [0.2, 0.25) is 0 Å². The molecule has 0 saturated heterocycles. The van der Waals surface area contributed by atoms with E-state index in [1.54, 1.807) is 0 Å². The number of aliphatic carboxylic acids is 2. The van der Waals surface area contributed by atoms with Crippen molar-refractivity contribution < 1.29 is 24.6 Å². The van der Waals surface area contributed by atoms with E-state index in [2.05, 4.69) is 10.6 Å².